The van der Waals surface area contributed by atoms with Gasteiger partial charge < -0.3 is 5.32 Å². The summed E-state index contributed by atoms with van der Waals surface area (Å²) in [6, 6.07) is 8.32. The molecule has 0 aromatic heterocycles. The summed E-state index contributed by atoms with van der Waals surface area (Å²) in [7, 11) is 0. The van der Waals surface area contributed by atoms with Crippen LogP contribution in [-0.2, 0) is 4.79 Å². The van der Waals surface area contributed by atoms with Crippen LogP contribution in [-0.4, -0.2) is 18.2 Å². The molecule has 2 atom stereocenters. The SMILES string of the molecule is CCC(C)C([C]=O)NC(=O)c1ccccc1. The number of benzene rings is 1. The van der Waals surface area contributed by atoms with Gasteiger partial charge in [0.05, 0.1) is 6.04 Å². The van der Waals surface area contributed by atoms with E-state index in [0.29, 0.717) is 5.56 Å². The van der Waals surface area contributed by atoms with Gasteiger partial charge in [0.1, 0.15) is 0 Å². The lowest BCUT2D eigenvalue weighted by molar-refractivity contribution is 0.0937. The number of amides is 1. The van der Waals surface area contributed by atoms with Crippen molar-refractivity contribution in [3.8, 4) is 0 Å². The van der Waals surface area contributed by atoms with Gasteiger partial charge in [-0.15, -0.1) is 0 Å². The van der Waals surface area contributed by atoms with E-state index in [9.17, 15) is 9.59 Å². The number of hydrogen-bond donors (Lipinski definition) is 1. The number of carbonyl (C=O) groups is 1. The van der Waals surface area contributed by atoms with Crippen LogP contribution < -0.4 is 5.32 Å². The summed E-state index contributed by atoms with van der Waals surface area (Å²) in [6.07, 6.45) is 2.70. The Morgan fingerprint density at radius 3 is 2.50 bits per heavy atom. The normalized spacial score (nSPS) is 13.9. The maximum atomic E-state index is 11.7. The number of hydrogen-bond acceptors (Lipinski definition) is 2. The first-order valence-electron chi connectivity index (χ1n) is 5.42. The van der Waals surface area contributed by atoms with Crippen LogP contribution in [0.2, 0.25) is 0 Å². The predicted molar refractivity (Wildman–Crippen MR) is 62.8 cm³/mol. The molecule has 1 radical (unpaired) electrons. The molecule has 1 N–H and O–H groups in total. The summed E-state index contributed by atoms with van der Waals surface area (Å²) in [6.45, 7) is 3.89. The fourth-order valence-electron chi connectivity index (χ4n) is 1.34. The summed E-state index contributed by atoms with van der Waals surface area (Å²) >= 11 is 0. The third kappa shape index (κ3) is 3.19. The summed E-state index contributed by atoms with van der Waals surface area (Å²) in [5.74, 6) is -0.126. The van der Waals surface area contributed by atoms with E-state index in [2.05, 4.69) is 5.32 Å². The lowest BCUT2D eigenvalue weighted by Gasteiger charge is -2.17. The van der Waals surface area contributed by atoms with Crippen molar-refractivity contribution in [2.45, 2.75) is 26.3 Å². The van der Waals surface area contributed by atoms with Crippen molar-refractivity contribution in [1.29, 1.82) is 0 Å². The van der Waals surface area contributed by atoms with Crippen molar-refractivity contribution in [3.05, 3.63) is 35.9 Å². The molecule has 16 heavy (non-hydrogen) atoms. The van der Waals surface area contributed by atoms with E-state index in [4.69, 9.17) is 0 Å². The molecule has 0 heterocycles. The van der Waals surface area contributed by atoms with Crippen LogP contribution >= 0.6 is 0 Å². The van der Waals surface area contributed by atoms with E-state index in [1.165, 1.54) is 0 Å². The first kappa shape index (κ1) is 12.4. The maximum Gasteiger partial charge on any atom is 0.251 e. The molecule has 85 valence electrons. The minimum absolute atomic E-state index is 0.102. The lowest BCUT2D eigenvalue weighted by atomic mass is 10.00. The number of carbonyl (C=O) groups excluding carboxylic acids is 2. The molecule has 0 bridgehead atoms. The first-order valence-corrected chi connectivity index (χ1v) is 5.42. The Bertz CT molecular complexity index is 348. The lowest BCUT2D eigenvalue weighted by Crippen LogP contribution is -2.40. The topological polar surface area (TPSA) is 46.2 Å². The van der Waals surface area contributed by atoms with Crippen molar-refractivity contribution in [2.24, 2.45) is 5.92 Å². The van der Waals surface area contributed by atoms with Gasteiger partial charge in [-0.1, -0.05) is 38.5 Å². The molecule has 1 rings (SSSR count). The quantitative estimate of drug-likeness (QED) is 0.821. The Hall–Kier alpha value is -1.64. The molecule has 0 fully saturated rings. The zero-order chi connectivity index (χ0) is 12.0. The van der Waals surface area contributed by atoms with Gasteiger partial charge >= 0.3 is 0 Å². The third-order valence-electron chi connectivity index (χ3n) is 2.66. The van der Waals surface area contributed by atoms with Crippen LogP contribution in [0.4, 0.5) is 0 Å². The van der Waals surface area contributed by atoms with E-state index < -0.39 is 6.04 Å². The van der Waals surface area contributed by atoms with Crippen LogP contribution in [0.5, 0.6) is 0 Å². The first-order chi connectivity index (χ1) is 7.69. The van der Waals surface area contributed by atoms with E-state index in [-0.39, 0.29) is 11.8 Å². The fourth-order valence-corrected chi connectivity index (χ4v) is 1.34. The Balaban J connectivity index is 2.66. The fraction of sp³-hybridized carbons (Fsp3) is 0.385. The minimum atomic E-state index is -0.530. The van der Waals surface area contributed by atoms with Crippen LogP contribution in [0.3, 0.4) is 0 Å². The average molecular weight is 218 g/mol. The molecule has 3 nitrogen and oxygen atoms in total. The van der Waals surface area contributed by atoms with E-state index >= 15 is 0 Å². The highest BCUT2D eigenvalue weighted by molar-refractivity contribution is 5.95. The standard InChI is InChI=1S/C13H16NO2/c1-3-10(2)12(9-15)14-13(16)11-7-5-4-6-8-11/h4-8,10,12H,3H2,1-2H3,(H,14,16). The Kier molecular flexibility index (Phi) is 4.70. The number of nitrogens with one attached hydrogen (secondary N) is 1. The maximum absolute atomic E-state index is 11.7. The largest absolute Gasteiger partial charge is 0.341 e. The summed E-state index contributed by atoms with van der Waals surface area (Å²) in [5, 5.41) is 2.67. The molecule has 0 saturated heterocycles. The molecule has 2 unspecified atom stereocenters. The molecule has 1 aromatic rings. The Morgan fingerprint density at radius 2 is 2.00 bits per heavy atom. The molecular formula is C13H16NO2. The highest BCUT2D eigenvalue weighted by atomic mass is 16.2. The van der Waals surface area contributed by atoms with Crippen LogP contribution in [0, 0.1) is 5.92 Å². The predicted octanol–water partition coefficient (Wildman–Crippen LogP) is 1.94. The van der Waals surface area contributed by atoms with Gasteiger partial charge in [-0.2, -0.15) is 0 Å². The second-order valence-corrected chi connectivity index (χ2v) is 3.82. The molecule has 0 aliphatic carbocycles. The molecule has 0 spiro atoms. The van der Waals surface area contributed by atoms with Crippen molar-refractivity contribution in [2.75, 3.05) is 0 Å². The highest BCUT2D eigenvalue weighted by Crippen LogP contribution is 2.07. The van der Waals surface area contributed by atoms with Crippen LogP contribution in [0.15, 0.2) is 30.3 Å². The summed E-state index contributed by atoms with van der Waals surface area (Å²) < 4.78 is 0. The second kappa shape index (κ2) is 6.05. The molecule has 1 aromatic carbocycles. The summed E-state index contributed by atoms with van der Waals surface area (Å²) in [4.78, 5) is 22.5. The second-order valence-electron chi connectivity index (χ2n) is 3.82. The molecule has 1 amide bonds. The molecule has 0 saturated carbocycles. The van der Waals surface area contributed by atoms with Crippen LogP contribution in [0.1, 0.15) is 30.6 Å². The van der Waals surface area contributed by atoms with Crippen molar-refractivity contribution in [1.82, 2.24) is 5.32 Å². The van der Waals surface area contributed by atoms with Gasteiger partial charge in [0.25, 0.3) is 5.91 Å². The number of rotatable bonds is 5. The highest BCUT2D eigenvalue weighted by Gasteiger charge is 2.18. The van der Waals surface area contributed by atoms with Gasteiger partial charge in [0.15, 0.2) is 0 Å². The summed E-state index contributed by atoms with van der Waals surface area (Å²) in [5.41, 5.74) is 0.561. The van der Waals surface area contributed by atoms with Gasteiger partial charge in [-0.25, -0.2) is 0 Å². The van der Waals surface area contributed by atoms with Crippen molar-refractivity contribution >= 4 is 12.2 Å². The smallest absolute Gasteiger partial charge is 0.251 e. The van der Waals surface area contributed by atoms with E-state index in [1.807, 2.05) is 26.2 Å². The van der Waals surface area contributed by atoms with Gasteiger partial charge in [0.2, 0.25) is 6.29 Å². The Labute approximate surface area is 95.9 Å². The van der Waals surface area contributed by atoms with Gasteiger partial charge in [-0.05, 0) is 18.1 Å². The van der Waals surface area contributed by atoms with Crippen LogP contribution in [0.25, 0.3) is 0 Å². The van der Waals surface area contributed by atoms with E-state index in [1.54, 1.807) is 24.3 Å². The Morgan fingerprint density at radius 1 is 1.38 bits per heavy atom. The average Bonchev–Trinajstić information content (AvgIpc) is 2.35. The monoisotopic (exact) mass is 218 g/mol. The minimum Gasteiger partial charge on any atom is -0.341 e. The zero-order valence-electron chi connectivity index (χ0n) is 9.57. The van der Waals surface area contributed by atoms with Crippen molar-refractivity contribution in [3.63, 3.8) is 0 Å². The third-order valence-corrected chi connectivity index (χ3v) is 2.66. The molecular weight excluding hydrogens is 202 g/mol. The van der Waals surface area contributed by atoms with Crippen molar-refractivity contribution < 1.29 is 9.59 Å². The van der Waals surface area contributed by atoms with Gasteiger partial charge in [0, 0.05) is 5.56 Å². The van der Waals surface area contributed by atoms with Gasteiger partial charge in [-0.3, -0.25) is 9.59 Å². The molecule has 0 aliphatic heterocycles. The molecule has 3 heteroatoms. The molecule has 0 aliphatic rings. The van der Waals surface area contributed by atoms with E-state index in [0.717, 1.165) is 6.42 Å². The zero-order valence-corrected chi connectivity index (χ0v) is 9.57.